The first-order chi connectivity index (χ1) is 10.6. The zero-order valence-electron chi connectivity index (χ0n) is 12.8. The molecule has 0 spiro atoms. The summed E-state index contributed by atoms with van der Waals surface area (Å²) >= 11 is 7.83. The standard InChI is InChI=1S/C16H20ClN3OS/c1-11(15-9-20(2)7-8-21-15)18-16-19-14(10-22-16)12-5-3-4-6-13(12)17/h3-6,10-11,15H,7-9H2,1-2H3,(H,18,19). The highest BCUT2D eigenvalue weighted by Gasteiger charge is 2.24. The monoisotopic (exact) mass is 337 g/mol. The predicted octanol–water partition coefficient (Wildman–Crippen LogP) is 3.59. The van der Waals surface area contributed by atoms with E-state index in [1.807, 2.05) is 29.6 Å². The molecule has 118 valence electrons. The lowest BCUT2D eigenvalue weighted by molar-refractivity contribution is -0.0259. The van der Waals surface area contributed by atoms with Gasteiger partial charge in [0.15, 0.2) is 5.13 Å². The summed E-state index contributed by atoms with van der Waals surface area (Å²) < 4.78 is 5.84. The topological polar surface area (TPSA) is 37.4 Å². The first kappa shape index (κ1) is 15.7. The Hall–Kier alpha value is -1.14. The van der Waals surface area contributed by atoms with Crippen molar-refractivity contribution in [2.24, 2.45) is 0 Å². The molecule has 0 amide bonds. The number of thiazole rings is 1. The number of hydrogen-bond acceptors (Lipinski definition) is 5. The Morgan fingerprint density at radius 2 is 2.27 bits per heavy atom. The van der Waals surface area contributed by atoms with Gasteiger partial charge in [-0.05, 0) is 20.0 Å². The quantitative estimate of drug-likeness (QED) is 0.925. The Balaban J connectivity index is 1.68. The van der Waals surface area contributed by atoms with Gasteiger partial charge >= 0.3 is 0 Å². The number of nitrogens with one attached hydrogen (secondary N) is 1. The number of ether oxygens (including phenoxy) is 1. The number of hydrogen-bond donors (Lipinski definition) is 1. The third-order valence-electron chi connectivity index (χ3n) is 3.86. The van der Waals surface area contributed by atoms with Crippen LogP contribution >= 0.6 is 22.9 Å². The van der Waals surface area contributed by atoms with Gasteiger partial charge in [0.05, 0.1) is 24.4 Å². The van der Waals surface area contributed by atoms with E-state index < -0.39 is 0 Å². The second-order valence-electron chi connectivity index (χ2n) is 5.62. The summed E-state index contributed by atoms with van der Waals surface area (Å²) in [5.41, 5.74) is 1.88. The van der Waals surface area contributed by atoms with Crippen molar-refractivity contribution in [1.82, 2.24) is 9.88 Å². The molecule has 1 aromatic heterocycles. The van der Waals surface area contributed by atoms with Crippen LogP contribution in [0.5, 0.6) is 0 Å². The minimum absolute atomic E-state index is 0.186. The van der Waals surface area contributed by atoms with E-state index in [0.717, 1.165) is 41.1 Å². The third kappa shape index (κ3) is 3.60. The van der Waals surface area contributed by atoms with Crippen LogP contribution in [0.2, 0.25) is 5.02 Å². The molecule has 6 heteroatoms. The zero-order chi connectivity index (χ0) is 15.5. The lowest BCUT2D eigenvalue weighted by Gasteiger charge is -2.33. The summed E-state index contributed by atoms with van der Waals surface area (Å²) in [4.78, 5) is 6.94. The van der Waals surface area contributed by atoms with Gasteiger partial charge in [-0.1, -0.05) is 29.8 Å². The molecule has 3 rings (SSSR count). The average molecular weight is 338 g/mol. The fourth-order valence-corrected chi connectivity index (χ4v) is 3.57. The molecular weight excluding hydrogens is 318 g/mol. The van der Waals surface area contributed by atoms with Gasteiger partial charge in [-0.25, -0.2) is 4.98 Å². The first-order valence-corrected chi connectivity index (χ1v) is 8.66. The number of rotatable bonds is 4. The van der Waals surface area contributed by atoms with Crippen molar-refractivity contribution in [2.75, 3.05) is 32.1 Å². The second-order valence-corrected chi connectivity index (χ2v) is 6.89. The molecule has 0 bridgehead atoms. The summed E-state index contributed by atoms with van der Waals surface area (Å²) in [5.74, 6) is 0. The lowest BCUT2D eigenvalue weighted by Crippen LogP contribution is -2.47. The van der Waals surface area contributed by atoms with E-state index in [2.05, 4.69) is 29.2 Å². The molecule has 0 radical (unpaired) electrons. The van der Waals surface area contributed by atoms with Crippen LogP contribution in [0.4, 0.5) is 5.13 Å². The average Bonchev–Trinajstić information content (AvgIpc) is 2.96. The molecule has 0 aliphatic carbocycles. The Morgan fingerprint density at radius 3 is 3.05 bits per heavy atom. The minimum Gasteiger partial charge on any atom is -0.373 e. The SMILES string of the molecule is CC(Nc1nc(-c2ccccc2Cl)cs1)C1CN(C)CCO1. The molecule has 1 saturated heterocycles. The fraction of sp³-hybridized carbons (Fsp3) is 0.438. The van der Waals surface area contributed by atoms with Crippen LogP contribution in [0.1, 0.15) is 6.92 Å². The van der Waals surface area contributed by atoms with Gasteiger partial charge in [-0.15, -0.1) is 11.3 Å². The second kappa shape index (κ2) is 6.96. The highest BCUT2D eigenvalue weighted by Crippen LogP contribution is 2.30. The van der Waals surface area contributed by atoms with Crippen molar-refractivity contribution in [2.45, 2.75) is 19.1 Å². The maximum absolute atomic E-state index is 6.23. The summed E-state index contributed by atoms with van der Waals surface area (Å²) in [6.45, 7) is 4.87. The first-order valence-electron chi connectivity index (χ1n) is 7.40. The normalized spacial score (nSPS) is 20.8. The van der Waals surface area contributed by atoms with E-state index in [0.29, 0.717) is 0 Å². The van der Waals surface area contributed by atoms with Crippen molar-refractivity contribution in [3.63, 3.8) is 0 Å². The lowest BCUT2D eigenvalue weighted by atomic mass is 10.1. The molecule has 1 fully saturated rings. The number of benzene rings is 1. The van der Waals surface area contributed by atoms with E-state index in [9.17, 15) is 0 Å². The highest BCUT2D eigenvalue weighted by atomic mass is 35.5. The van der Waals surface area contributed by atoms with E-state index in [4.69, 9.17) is 16.3 Å². The molecule has 1 aliphatic rings. The number of likely N-dealkylation sites (N-methyl/N-ethyl adjacent to an activating group) is 1. The van der Waals surface area contributed by atoms with Crippen molar-refractivity contribution in [3.05, 3.63) is 34.7 Å². The van der Waals surface area contributed by atoms with Crippen LogP contribution in [0, 0.1) is 0 Å². The van der Waals surface area contributed by atoms with Crippen LogP contribution in [-0.2, 0) is 4.74 Å². The number of aromatic nitrogens is 1. The summed E-state index contributed by atoms with van der Waals surface area (Å²) in [5, 5.41) is 7.11. The van der Waals surface area contributed by atoms with Crippen molar-refractivity contribution >= 4 is 28.1 Å². The number of nitrogens with zero attached hydrogens (tertiary/aromatic N) is 2. The molecule has 1 N–H and O–H groups in total. The van der Waals surface area contributed by atoms with Crippen LogP contribution in [0.15, 0.2) is 29.6 Å². The molecule has 1 aliphatic heterocycles. The Bertz CT molecular complexity index is 633. The molecule has 2 heterocycles. The Morgan fingerprint density at radius 1 is 1.45 bits per heavy atom. The largest absolute Gasteiger partial charge is 0.373 e. The van der Waals surface area contributed by atoms with Gasteiger partial charge in [0, 0.05) is 29.1 Å². The minimum atomic E-state index is 0.186. The summed E-state index contributed by atoms with van der Waals surface area (Å²) in [6.07, 6.45) is 0.186. The smallest absolute Gasteiger partial charge is 0.183 e. The molecule has 22 heavy (non-hydrogen) atoms. The van der Waals surface area contributed by atoms with Gasteiger partial charge in [0.25, 0.3) is 0 Å². The van der Waals surface area contributed by atoms with Crippen LogP contribution in [0.25, 0.3) is 11.3 Å². The van der Waals surface area contributed by atoms with E-state index in [1.165, 1.54) is 0 Å². The van der Waals surface area contributed by atoms with Gasteiger partial charge < -0.3 is 15.0 Å². The molecular formula is C16H20ClN3OS. The Kier molecular flexibility index (Phi) is 4.98. The van der Waals surface area contributed by atoms with E-state index in [-0.39, 0.29) is 12.1 Å². The van der Waals surface area contributed by atoms with Crippen LogP contribution < -0.4 is 5.32 Å². The third-order valence-corrected chi connectivity index (χ3v) is 4.96. The van der Waals surface area contributed by atoms with Gasteiger partial charge in [-0.2, -0.15) is 0 Å². The van der Waals surface area contributed by atoms with Crippen molar-refractivity contribution in [1.29, 1.82) is 0 Å². The molecule has 0 saturated carbocycles. The maximum Gasteiger partial charge on any atom is 0.183 e. The Labute approximate surface area is 140 Å². The fourth-order valence-electron chi connectivity index (χ4n) is 2.53. The van der Waals surface area contributed by atoms with Crippen molar-refractivity contribution < 1.29 is 4.74 Å². The van der Waals surface area contributed by atoms with Crippen molar-refractivity contribution in [3.8, 4) is 11.3 Å². The van der Waals surface area contributed by atoms with Gasteiger partial charge in [0.2, 0.25) is 0 Å². The number of anilines is 1. The van der Waals surface area contributed by atoms with Crippen LogP contribution in [0.3, 0.4) is 0 Å². The highest BCUT2D eigenvalue weighted by molar-refractivity contribution is 7.14. The molecule has 2 unspecified atom stereocenters. The molecule has 2 aromatic rings. The van der Waals surface area contributed by atoms with E-state index in [1.54, 1.807) is 11.3 Å². The summed E-state index contributed by atoms with van der Waals surface area (Å²) in [6, 6.07) is 7.99. The van der Waals surface area contributed by atoms with Crippen LogP contribution in [-0.4, -0.2) is 48.8 Å². The van der Waals surface area contributed by atoms with Gasteiger partial charge in [0.1, 0.15) is 0 Å². The zero-order valence-corrected chi connectivity index (χ0v) is 14.3. The molecule has 2 atom stereocenters. The molecule has 1 aromatic carbocycles. The van der Waals surface area contributed by atoms with Gasteiger partial charge in [-0.3, -0.25) is 0 Å². The number of morpholine rings is 1. The maximum atomic E-state index is 6.23. The summed E-state index contributed by atoms with van der Waals surface area (Å²) in [7, 11) is 2.13. The molecule has 4 nitrogen and oxygen atoms in total. The van der Waals surface area contributed by atoms with E-state index >= 15 is 0 Å². The predicted molar refractivity (Wildman–Crippen MR) is 92.9 cm³/mol. The number of halogens is 1.